The number of hydrogen-bond acceptors (Lipinski definition) is 5. The van der Waals surface area contributed by atoms with Gasteiger partial charge in [-0.15, -0.1) is 0 Å². The minimum absolute atomic E-state index is 0.0728. The Labute approximate surface area is 148 Å². The Bertz CT molecular complexity index is 546. The summed E-state index contributed by atoms with van der Waals surface area (Å²) >= 11 is 1.99. The first-order valence-electron chi connectivity index (χ1n) is 8.70. The molecule has 1 N–H and O–H groups in total. The Morgan fingerprint density at radius 2 is 2.17 bits per heavy atom. The zero-order chi connectivity index (χ0) is 16.9. The molecule has 1 aromatic rings. The fraction of sp³-hybridized carbons (Fsp3) is 0.611. The van der Waals surface area contributed by atoms with Gasteiger partial charge < -0.3 is 9.64 Å². The highest BCUT2D eigenvalue weighted by molar-refractivity contribution is 8.00. The lowest BCUT2D eigenvalue weighted by Gasteiger charge is -2.34. The summed E-state index contributed by atoms with van der Waals surface area (Å²) in [6.07, 6.45) is 3.55. The number of aryl methyl sites for hydroxylation is 1. The second kappa shape index (κ2) is 8.23. The van der Waals surface area contributed by atoms with Crippen LogP contribution in [0.4, 0.5) is 0 Å². The lowest BCUT2D eigenvalue weighted by molar-refractivity contribution is -0.139. The largest absolute Gasteiger partial charge is 0.484 e. The van der Waals surface area contributed by atoms with E-state index in [1.807, 2.05) is 54.9 Å². The minimum atomic E-state index is 0.0728. The summed E-state index contributed by atoms with van der Waals surface area (Å²) < 4.78 is 5.73. The first-order valence-corrected chi connectivity index (χ1v) is 9.75. The topological polar surface area (TPSA) is 44.8 Å². The van der Waals surface area contributed by atoms with Crippen molar-refractivity contribution in [2.45, 2.75) is 37.6 Å². The molecule has 0 saturated carbocycles. The maximum absolute atomic E-state index is 12.8. The van der Waals surface area contributed by atoms with E-state index in [4.69, 9.17) is 4.74 Å². The standard InChI is InChI=1S/C18H27N3O2S/c1-14-5-7-15(8-6-14)23-13-18(22)21(12-16-4-3-11-24-16)17-9-10-19-20(17)2/h5-8,16-17,19H,3-4,9-13H2,1-2H3. The van der Waals surface area contributed by atoms with E-state index < -0.39 is 0 Å². The monoisotopic (exact) mass is 349 g/mol. The SMILES string of the molecule is Cc1ccc(OCC(=O)N(CC2CCCS2)C2CCNN2C)cc1. The van der Waals surface area contributed by atoms with Crippen molar-refractivity contribution in [3.63, 3.8) is 0 Å². The molecule has 0 bridgehead atoms. The lowest BCUT2D eigenvalue weighted by Crippen LogP contribution is -2.52. The Kier molecular flexibility index (Phi) is 6.03. The molecule has 2 fully saturated rings. The van der Waals surface area contributed by atoms with Crippen LogP contribution in [0.3, 0.4) is 0 Å². The molecule has 3 rings (SSSR count). The number of hydrogen-bond donors (Lipinski definition) is 1. The van der Waals surface area contributed by atoms with Gasteiger partial charge in [-0.2, -0.15) is 11.8 Å². The van der Waals surface area contributed by atoms with Crippen LogP contribution < -0.4 is 10.2 Å². The maximum Gasteiger partial charge on any atom is 0.261 e. The summed E-state index contributed by atoms with van der Waals surface area (Å²) in [7, 11) is 2.01. The molecule has 5 nitrogen and oxygen atoms in total. The van der Waals surface area contributed by atoms with Gasteiger partial charge in [0.1, 0.15) is 5.75 Å². The Morgan fingerprint density at radius 3 is 2.79 bits per heavy atom. The van der Waals surface area contributed by atoms with Crippen LogP contribution in [0, 0.1) is 6.92 Å². The Morgan fingerprint density at radius 1 is 1.38 bits per heavy atom. The van der Waals surface area contributed by atoms with Gasteiger partial charge in [0.05, 0.1) is 6.17 Å². The van der Waals surface area contributed by atoms with Gasteiger partial charge in [-0.1, -0.05) is 17.7 Å². The molecule has 2 unspecified atom stereocenters. The third-order valence-corrected chi connectivity index (χ3v) is 6.08. The van der Waals surface area contributed by atoms with Gasteiger partial charge in [0, 0.05) is 25.4 Å². The summed E-state index contributed by atoms with van der Waals surface area (Å²) in [5.74, 6) is 2.04. The van der Waals surface area contributed by atoms with Crippen molar-refractivity contribution in [2.75, 3.05) is 32.5 Å². The molecule has 1 amide bonds. The second-order valence-electron chi connectivity index (χ2n) is 6.57. The highest BCUT2D eigenvalue weighted by Gasteiger charge is 2.33. The average molecular weight is 350 g/mol. The van der Waals surface area contributed by atoms with E-state index in [0.717, 1.165) is 25.3 Å². The highest BCUT2D eigenvalue weighted by Crippen LogP contribution is 2.28. The van der Waals surface area contributed by atoms with E-state index in [2.05, 4.69) is 10.4 Å². The van der Waals surface area contributed by atoms with Crippen LogP contribution in [-0.4, -0.2) is 59.7 Å². The van der Waals surface area contributed by atoms with Gasteiger partial charge in [0.2, 0.25) is 0 Å². The molecule has 0 spiro atoms. The number of thioether (sulfide) groups is 1. The molecular weight excluding hydrogens is 322 g/mol. The predicted octanol–water partition coefficient (Wildman–Crippen LogP) is 2.26. The van der Waals surface area contributed by atoms with Crippen LogP contribution in [-0.2, 0) is 4.79 Å². The third-order valence-electron chi connectivity index (χ3n) is 4.70. The number of carbonyl (C=O) groups is 1. The fourth-order valence-electron chi connectivity index (χ4n) is 3.29. The van der Waals surface area contributed by atoms with Gasteiger partial charge in [0.15, 0.2) is 6.61 Å². The van der Waals surface area contributed by atoms with E-state index in [1.54, 1.807) is 0 Å². The van der Waals surface area contributed by atoms with E-state index in [0.29, 0.717) is 5.25 Å². The molecule has 6 heteroatoms. The maximum atomic E-state index is 12.8. The van der Waals surface area contributed by atoms with E-state index in [-0.39, 0.29) is 18.7 Å². The van der Waals surface area contributed by atoms with Crippen molar-refractivity contribution < 1.29 is 9.53 Å². The van der Waals surface area contributed by atoms with Crippen LogP contribution in [0.2, 0.25) is 0 Å². The van der Waals surface area contributed by atoms with Crippen molar-refractivity contribution >= 4 is 17.7 Å². The molecule has 0 aliphatic carbocycles. The number of benzene rings is 1. The number of carbonyl (C=O) groups excluding carboxylic acids is 1. The van der Waals surface area contributed by atoms with Crippen LogP contribution in [0.5, 0.6) is 5.75 Å². The number of hydrazine groups is 1. The Balaban J connectivity index is 1.62. The fourth-order valence-corrected chi connectivity index (χ4v) is 4.56. The van der Waals surface area contributed by atoms with Crippen LogP contribution >= 0.6 is 11.8 Å². The quantitative estimate of drug-likeness (QED) is 0.853. The number of rotatable bonds is 6. The minimum Gasteiger partial charge on any atom is -0.484 e. The lowest BCUT2D eigenvalue weighted by atomic mass is 10.2. The number of amides is 1. The first-order chi connectivity index (χ1) is 11.6. The summed E-state index contributed by atoms with van der Waals surface area (Å²) in [4.78, 5) is 14.9. The Hall–Kier alpha value is -1.24. The molecular formula is C18H27N3O2S. The molecule has 0 radical (unpaired) electrons. The van der Waals surface area contributed by atoms with Crippen molar-refractivity contribution in [1.82, 2.24) is 15.3 Å². The predicted molar refractivity (Wildman–Crippen MR) is 98.0 cm³/mol. The van der Waals surface area contributed by atoms with E-state index >= 15 is 0 Å². The first kappa shape index (κ1) is 17.6. The summed E-state index contributed by atoms with van der Waals surface area (Å²) in [6, 6.07) is 7.84. The van der Waals surface area contributed by atoms with Crippen molar-refractivity contribution in [2.24, 2.45) is 0 Å². The van der Waals surface area contributed by atoms with Crippen molar-refractivity contribution in [1.29, 1.82) is 0 Å². The van der Waals surface area contributed by atoms with Gasteiger partial charge in [-0.25, -0.2) is 5.01 Å². The van der Waals surface area contributed by atoms with Gasteiger partial charge in [0.25, 0.3) is 5.91 Å². The highest BCUT2D eigenvalue weighted by atomic mass is 32.2. The van der Waals surface area contributed by atoms with Gasteiger partial charge in [-0.05, 0) is 44.1 Å². The van der Waals surface area contributed by atoms with Gasteiger partial charge in [-0.3, -0.25) is 10.2 Å². The molecule has 2 aliphatic heterocycles. The summed E-state index contributed by atoms with van der Waals surface area (Å²) in [6.45, 7) is 3.88. The smallest absolute Gasteiger partial charge is 0.261 e. The summed E-state index contributed by atoms with van der Waals surface area (Å²) in [5.41, 5.74) is 4.49. The molecule has 2 heterocycles. The normalized spacial score (nSPS) is 24.2. The molecule has 0 aromatic heterocycles. The third kappa shape index (κ3) is 4.43. The van der Waals surface area contributed by atoms with E-state index in [9.17, 15) is 4.79 Å². The van der Waals surface area contributed by atoms with Crippen molar-refractivity contribution in [3.8, 4) is 5.75 Å². The molecule has 24 heavy (non-hydrogen) atoms. The zero-order valence-corrected chi connectivity index (χ0v) is 15.3. The molecule has 132 valence electrons. The molecule has 2 aliphatic rings. The van der Waals surface area contributed by atoms with Crippen LogP contribution in [0.1, 0.15) is 24.8 Å². The van der Waals surface area contributed by atoms with Crippen LogP contribution in [0.25, 0.3) is 0 Å². The molecule has 2 saturated heterocycles. The van der Waals surface area contributed by atoms with Crippen LogP contribution in [0.15, 0.2) is 24.3 Å². The second-order valence-corrected chi connectivity index (χ2v) is 7.98. The van der Waals surface area contributed by atoms with Crippen molar-refractivity contribution in [3.05, 3.63) is 29.8 Å². The number of nitrogens with zero attached hydrogens (tertiary/aromatic N) is 2. The van der Waals surface area contributed by atoms with E-state index in [1.165, 1.54) is 24.2 Å². The average Bonchev–Trinajstić information content (AvgIpc) is 3.23. The summed E-state index contributed by atoms with van der Waals surface area (Å²) in [5, 5.41) is 2.62. The zero-order valence-electron chi connectivity index (χ0n) is 14.5. The number of nitrogens with one attached hydrogen (secondary N) is 1. The van der Waals surface area contributed by atoms with Gasteiger partial charge >= 0.3 is 0 Å². The molecule has 2 atom stereocenters. The number of ether oxygens (including phenoxy) is 1. The molecule has 1 aromatic carbocycles.